The van der Waals surface area contributed by atoms with Gasteiger partial charge >= 0.3 is 0 Å². The lowest BCUT2D eigenvalue weighted by molar-refractivity contribution is 1.34. The minimum Gasteiger partial charge on any atom is -0.404 e. The Balaban J connectivity index is 1.30. The summed E-state index contributed by atoms with van der Waals surface area (Å²) >= 11 is 0. The Morgan fingerprint density at radius 1 is 0.421 bits per heavy atom. The number of anilines is 1. The first kappa shape index (κ1) is 33.9. The number of allylic oxidation sites excluding steroid dienone is 2. The van der Waals surface area contributed by atoms with Crippen LogP contribution in [0.3, 0.4) is 0 Å². The summed E-state index contributed by atoms with van der Waals surface area (Å²) in [6.07, 6.45) is 3.98. The van der Waals surface area contributed by atoms with Gasteiger partial charge in [-0.15, -0.1) is 0 Å². The summed E-state index contributed by atoms with van der Waals surface area (Å²) in [5.41, 5.74) is 29.4. The first-order chi connectivity index (χ1) is 28.1. The molecule has 2 aromatic heterocycles. The van der Waals surface area contributed by atoms with E-state index in [4.69, 9.17) is 11.5 Å². The van der Waals surface area contributed by atoms with Crippen LogP contribution in [0.15, 0.2) is 212 Å². The largest absolute Gasteiger partial charge is 0.404 e. The summed E-state index contributed by atoms with van der Waals surface area (Å²) in [6.45, 7) is 0. The maximum absolute atomic E-state index is 6.86. The fourth-order valence-corrected chi connectivity index (χ4v) is 8.44. The second kappa shape index (κ2) is 14.2. The highest BCUT2D eigenvalue weighted by Gasteiger charge is 2.20. The van der Waals surface area contributed by atoms with E-state index < -0.39 is 0 Å². The highest BCUT2D eigenvalue weighted by atomic mass is 14.9. The Kier molecular flexibility index (Phi) is 8.46. The van der Waals surface area contributed by atoms with Crippen LogP contribution in [-0.2, 0) is 0 Å². The van der Waals surface area contributed by atoms with Gasteiger partial charge in [-0.25, -0.2) is 0 Å². The number of para-hydroxylation sites is 2. The number of nitrogens with zero attached hydrogens (tertiary/aromatic N) is 1. The van der Waals surface area contributed by atoms with Crippen molar-refractivity contribution in [3.63, 3.8) is 0 Å². The van der Waals surface area contributed by atoms with Crippen LogP contribution in [0.2, 0.25) is 0 Å². The highest BCUT2D eigenvalue weighted by Crippen LogP contribution is 2.43. The number of rotatable bonds is 7. The van der Waals surface area contributed by atoms with Gasteiger partial charge in [0, 0.05) is 33.6 Å². The molecule has 270 valence electrons. The molecule has 0 aliphatic rings. The molecule has 0 radical (unpaired) electrons. The van der Waals surface area contributed by atoms with Gasteiger partial charge in [0.2, 0.25) is 0 Å². The first-order valence-electron chi connectivity index (χ1n) is 19.3. The average molecular weight is 730 g/mol. The van der Waals surface area contributed by atoms with Gasteiger partial charge in [0.05, 0.1) is 16.6 Å². The van der Waals surface area contributed by atoms with Gasteiger partial charge in [-0.1, -0.05) is 158 Å². The summed E-state index contributed by atoms with van der Waals surface area (Å²) in [5, 5.41) is 4.81. The molecule has 0 bridgehead atoms. The van der Waals surface area contributed by atoms with Crippen molar-refractivity contribution >= 4 is 54.9 Å². The lowest BCUT2D eigenvalue weighted by Crippen LogP contribution is -1.99. The van der Waals surface area contributed by atoms with E-state index in [1.54, 1.807) is 6.20 Å². The maximum atomic E-state index is 6.86. The van der Waals surface area contributed by atoms with Crippen LogP contribution in [0, 0.1) is 0 Å². The van der Waals surface area contributed by atoms with Crippen molar-refractivity contribution in [1.82, 2.24) is 4.40 Å². The van der Waals surface area contributed by atoms with Crippen molar-refractivity contribution < 1.29 is 0 Å². The predicted molar refractivity (Wildman–Crippen MR) is 243 cm³/mol. The standard InChI is InChI=1S/C54H39N3/c55-35-43(40-21-13-19-38(29-40)36-15-3-1-4-16-36)32-48(41-22-14-20-39(30-41)37-17-5-2-6-18-37)50-34-53-42(31-49(50)45-24-9-11-27-51(45)56)33-54-47-26-8-7-23-44(47)46-25-10-12-28-52(46)57(53)54/h1-35H,55-56H2/b43-35+,48-32?. The fraction of sp³-hybridized carbons (Fsp3) is 0. The Morgan fingerprint density at radius 2 is 0.982 bits per heavy atom. The Bertz CT molecular complexity index is 3190. The number of nitrogens with two attached hydrogens (primary N) is 2. The van der Waals surface area contributed by atoms with E-state index in [2.05, 4.69) is 192 Å². The number of aromatic nitrogens is 1. The smallest absolute Gasteiger partial charge is 0.0547 e. The lowest BCUT2D eigenvalue weighted by atomic mass is 9.86. The van der Waals surface area contributed by atoms with Crippen LogP contribution < -0.4 is 11.5 Å². The second-order valence-electron chi connectivity index (χ2n) is 14.5. The summed E-state index contributed by atoms with van der Waals surface area (Å²) < 4.78 is 2.43. The van der Waals surface area contributed by atoms with Crippen LogP contribution in [0.1, 0.15) is 16.7 Å². The molecule has 0 saturated carbocycles. The number of hydrogen-bond donors (Lipinski definition) is 2. The summed E-state index contributed by atoms with van der Waals surface area (Å²) in [4.78, 5) is 0. The molecule has 4 N–H and O–H groups in total. The molecule has 0 aliphatic heterocycles. The quantitative estimate of drug-likeness (QED) is 0.0975. The fourth-order valence-electron chi connectivity index (χ4n) is 8.44. The van der Waals surface area contributed by atoms with Gasteiger partial charge in [0.15, 0.2) is 0 Å². The molecular formula is C54H39N3. The number of fused-ring (bicyclic) bond motifs is 8. The first-order valence-corrected chi connectivity index (χ1v) is 19.3. The zero-order valence-electron chi connectivity index (χ0n) is 31.3. The van der Waals surface area contributed by atoms with Crippen LogP contribution in [0.4, 0.5) is 5.69 Å². The predicted octanol–water partition coefficient (Wildman–Crippen LogP) is 13.4. The van der Waals surface area contributed by atoms with Crippen molar-refractivity contribution in [3.8, 4) is 33.4 Å². The normalized spacial score (nSPS) is 12.2. The van der Waals surface area contributed by atoms with Gasteiger partial charge in [-0.3, -0.25) is 0 Å². The van der Waals surface area contributed by atoms with Gasteiger partial charge in [0.25, 0.3) is 0 Å². The molecule has 0 saturated heterocycles. The molecular weight excluding hydrogens is 691 g/mol. The van der Waals surface area contributed by atoms with Crippen molar-refractivity contribution in [2.45, 2.75) is 0 Å². The van der Waals surface area contributed by atoms with Crippen LogP contribution >= 0.6 is 0 Å². The topological polar surface area (TPSA) is 56.5 Å². The van der Waals surface area contributed by atoms with Crippen molar-refractivity contribution in [2.75, 3.05) is 5.73 Å². The summed E-state index contributed by atoms with van der Waals surface area (Å²) in [5.74, 6) is 0. The minimum absolute atomic E-state index is 0.723. The Labute approximate surface area is 332 Å². The number of hydrogen-bond acceptors (Lipinski definition) is 2. The molecule has 10 rings (SSSR count). The lowest BCUT2D eigenvalue weighted by Gasteiger charge is -2.19. The molecule has 0 amide bonds. The van der Waals surface area contributed by atoms with E-state index >= 15 is 0 Å². The molecule has 0 fully saturated rings. The van der Waals surface area contributed by atoms with E-state index in [1.165, 1.54) is 21.7 Å². The molecule has 8 aromatic carbocycles. The van der Waals surface area contributed by atoms with Crippen molar-refractivity contribution in [1.29, 1.82) is 0 Å². The molecule has 10 aromatic rings. The van der Waals surface area contributed by atoms with Gasteiger partial charge in [-0.2, -0.15) is 0 Å². The molecule has 57 heavy (non-hydrogen) atoms. The zero-order chi connectivity index (χ0) is 38.3. The van der Waals surface area contributed by atoms with Gasteiger partial charge in [0.1, 0.15) is 0 Å². The summed E-state index contributed by atoms with van der Waals surface area (Å²) in [7, 11) is 0. The van der Waals surface area contributed by atoms with Crippen molar-refractivity contribution in [3.05, 3.63) is 229 Å². The highest BCUT2D eigenvalue weighted by molar-refractivity contribution is 6.16. The third kappa shape index (κ3) is 6.03. The number of nitrogen functional groups attached to an aromatic ring is 1. The van der Waals surface area contributed by atoms with E-state index in [-0.39, 0.29) is 0 Å². The van der Waals surface area contributed by atoms with Crippen molar-refractivity contribution in [2.24, 2.45) is 5.73 Å². The second-order valence-corrected chi connectivity index (χ2v) is 14.5. The molecule has 0 aliphatic carbocycles. The molecule has 3 heteroatoms. The zero-order valence-corrected chi connectivity index (χ0v) is 31.3. The number of benzene rings is 8. The van der Waals surface area contributed by atoms with E-state index in [1.807, 2.05) is 18.2 Å². The molecule has 0 spiro atoms. The van der Waals surface area contributed by atoms with E-state index in [0.717, 1.165) is 83.3 Å². The third-order valence-electron chi connectivity index (χ3n) is 11.2. The molecule has 2 heterocycles. The van der Waals surface area contributed by atoms with Gasteiger partial charge in [-0.05, 0) is 110 Å². The molecule has 0 atom stereocenters. The van der Waals surface area contributed by atoms with Crippen LogP contribution in [0.5, 0.6) is 0 Å². The van der Waals surface area contributed by atoms with E-state index in [0.29, 0.717) is 0 Å². The van der Waals surface area contributed by atoms with E-state index in [9.17, 15) is 0 Å². The van der Waals surface area contributed by atoms with Crippen LogP contribution in [0.25, 0.3) is 82.6 Å². The average Bonchev–Trinajstić information content (AvgIpc) is 3.66. The molecule has 3 nitrogen and oxygen atoms in total. The third-order valence-corrected chi connectivity index (χ3v) is 11.2. The minimum atomic E-state index is 0.723. The monoisotopic (exact) mass is 729 g/mol. The van der Waals surface area contributed by atoms with Crippen LogP contribution in [-0.4, -0.2) is 4.40 Å². The number of pyridine rings is 1. The Morgan fingerprint density at radius 3 is 1.67 bits per heavy atom. The molecule has 0 unspecified atom stereocenters. The summed E-state index contributed by atoms with van der Waals surface area (Å²) in [6, 6.07) is 71.1. The van der Waals surface area contributed by atoms with Gasteiger partial charge < -0.3 is 15.9 Å². The maximum Gasteiger partial charge on any atom is 0.0547 e. The Hall–Kier alpha value is -7.62. The SMILES string of the molecule is N/C=C(\C=C(c1cccc(-c2ccccc2)c1)c1cc2c(cc1-c1ccccc1N)cc1c3ccccc3c3ccccc3n21)c1cccc(-c2ccccc2)c1.